The van der Waals surface area contributed by atoms with E-state index in [0.29, 0.717) is 0 Å². The van der Waals surface area contributed by atoms with E-state index in [-0.39, 0.29) is 25.3 Å². The molecule has 21 heavy (non-hydrogen) atoms. The normalized spacial score (nSPS) is 20.2. The fourth-order valence-electron chi connectivity index (χ4n) is 2.76. The molecule has 2 aliphatic carbocycles. The molecule has 1 fully saturated rings. The van der Waals surface area contributed by atoms with E-state index in [0.717, 1.165) is 24.9 Å². The van der Waals surface area contributed by atoms with E-state index >= 15 is 0 Å². The van der Waals surface area contributed by atoms with E-state index < -0.39 is 11.6 Å². The largest absolute Gasteiger partial charge is 0.396 e. The first-order valence-corrected chi connectivity index (χ1v) is 7.15. The van der Waals surface area contributed by atoms with Crippen molar-refractivity contribution < 1.29 is 13.2 Å². The zero-order valence-electron chi connectivity index (χ0n) is 11.6. The lowest BCUT2D eigenvalue weighted by Crippen LogP contribution is -2.30. The Labute approximate surface area is 121 Å². The molecule has 0 bridgehead atoms. The monoisotopic (exact) mass is 297 g/mol. The summed E-state index contributed by atoms with van der Waals surface area (Å²) < 4.78 is 38.4. The van der Waals surface area contributed by atoms with Crippen LogP contribution in [0.5, 0.6) is 0 Å². The molecule has 3 rings (SSSR count). The van der Waals surface area contributed by atoms with Crippen molar-refractivity contribution >= 4 is 11.6 Å². The first kappa shape index (κ1) is 14.2. The van der Waals surface area contributed by atoms with Crippen molar-refractivity contribution in [2.24, 2.45) is 16.1 Å². The number of benzene rings is 1. The van der Waals surface area contributed by atoms with E-state index in [9.17, 15) is 13.2 Å². The van der Waals surface area contributed by atoms with Crippen LogP contribution in [0.2, 0.25) is 0 Å². The Hall–Kier alpha value is -1.72. The molecule has 0 unspecified atom stereocenters. The molecule has 1 saturated carbocycles. The maximum atomic E-state index is 12.8. The lowest BCUT2D eigenvalue weighted by molar-refractivity contribution is -0.183. The van der Waals surface area contributed by atoms with Gasteiger partial charge in [0.05, 0.1) is 12.0 Å². The summed E-state index contributed by atoms with van der Waals surface area (Å²) in [6.07, 6.45) is -0.620. The van der Waals surface area contributed by atoms with Gasteiger partial charge >= 0.3 is 6.18 Å². The fourth-order valence-corrected chi connectivity index (χ4v) is 2.76. The summed E-state index contributed by atoms with van der Waals surface area (Å²) in [5.74, 6) is 0.0449. The maximum absolute atomic E-state index is 12.8. The highest BCUT2D eigenvalue weighted by Crippen LogP contribution is 2.57. The van der Waals surface area contributed by atoms with Gasteiger partial charge in [-0.05, 0) is 55.4 Å². The first-order valence-electron chi connectivity index (χ1n) is 7.15. The van der Waals surface area contributed by atoms with Crippen LogP contribution in [0.4, 0.5) is 18.9 Å². The molecular weight excluding hydrogens is 279 g/mol. The third kappa shape index (κ3) is 2.84. The number of nitrogens with one attached hydrogen (secondary N) is 1. The Kier molecular flexibility index (Phi) is 3.34. The number of nitrogens with two attached hydrogens (primary N) is 1. The SMILES string of the molecule is NC(=NCC1(C(F)(F)F)CC1)Nc1ccc2c(c1)CCC2. The highest BCUT2D eigenvalue weighted by Gasteiger charge is 2.63. The Morgan fingerprint density at radius 1 is 1.24 bits per heavy atom. The molecule has 114 valence electrons. The predicted octanol–water partition coefficient (Wildman–Crippen LogP) is 3.24. The van der Waals surface area contributed by atoms with Gasteiger partial charge in [0, 0.05) is 5.69 Å². The first-order chi connectivity index (χ1) is 9.90. The van der Waals surface area contributed by atoms with Crippen LogP contribution in [-0.2, 0) is 12.8 Å². The third-order valence-electron chi connectivity index (χ3n) is 4.38. The maximum Gasteiger partial charge on any atom is 0.396 e. The molecule has 0 atom stereocenters. The molecule has 6 heteroatoms. The van der Waals surface area contributed by atoms with Gasteiger partial charge in [-0.1, -0.05) is 6.07 Å². The second kappa shape index (κ2) is 4.93. The van der Waals surface area contributed by atoms with Gasteiger partial charge in [0.2, 0.25) is 0 Å². The van der Waals surface area contributed by atoms with Crippen LogP contribution in [0, 0.1) is 5.41 Å². The van der Waals surface area contributed by atoms with Crippen LogP contribution in [-0.4, -0.2) is 18.7 Å². The molecule has 3 nitrogen and oxygen atoms in total. The number of halogens is 3. The fraction of sp³-hybridized carbons (Fsp3) is 0.533. The van der Waals surface area contributed by atoms with Gasteiger partial charge in [-0.3, -0.25) is 4.99 Å². The van der Waals surface area contributed by atoms with Gasteiger partial charge in [0.15, 0.2) is 5.96 Å². The van der Waals surface area contributed by atoms with E-state index in [1.54, 1.807) is 0 Å². The summed E-state index contributed by atoms with van der Waals surface area (Å²) in [7, 11) is 0. The van der Waals surface area contributed by atoms with E-state index in [2.05, 4.69) is 10.3 Å². The van der Waals surface area contributed by atoms with Crippen LogP contribution in [0.1, 0.15) is 30.4 Å². The predicted molar refractivity (Wildman–Crippen MR) is 76.3 cm³/mol. The zero-order chi connectivity index (χ0) is 15.1. The van der Waals surface area contributed by atoms with Gasteiger partial charge < -0.3 is 11.1 Å². The van der Waals surface area contributed by atoms with Crippen LogP contribution in [0.3, 0.4) is 0 Å². The Bertz CT molecular complexity index is 574. The summed E-state index contributed by atoms with van der Waals surface area (Å²) in [6, 6.07) is 5.93. The number of fused-ring (bicyclic) bond motifs is 1. The summed E-state index contributed by atoms with van der Waals surface area (Å²) in [4.78, 5) is 3.88. The van der Waals surface area contributed by atoms with Crippen molar-refractivity contribution in [3.05, 3.63) is 29.3 Å². The van der Waals surface area contributed by atoms with Crippen molar-refractivity contribution in [3.8, 4) is 0 Å². The van der Waals surface area contributed by atoms with Crippen molar-refractivity contribution in [2.75, 3.05) is 11.9 Å². The summed E-state index contributed by atoms with van der Waals surface area (Å²) in [5.41, 5.74) is 7.46. The van der Waals surface area contributed by atoms with Gasteiger partial charge in [-0.2, -0.15) is 13.2 Å². The lowest BCUT2D eigenvalue weighted by atomic mass is 10.1. The molecule has 0 saturated heterocycles. The van der Waals surface area contributed by atoms with E-state index in [1.165, 1.54) is 11.1 Å². The molecule has 0 spiro atoms. The minimum absolute atomic E-state index is 0.0449. The van der Waals surface area contributed by atoms with Crippen molar-refractivity contribution in [3.63, 3.8) is 0 Å². The molecule has 3 N–H and O–H groups in total. The zero-order valence-corrected chi connectivity index (χ0v) is 11.6. The number of guanidine groups is 1. The highest BCUT2D eigenvalue weighted by atomic mass is 19.4. The molecule has 0 amide bonds. The minimum Gasteiger partial charge on any atom is -0.370 e. The number of hydrogen-bond acceptors (Lipinski definition) is 1. The number of nitrogens with zero attached hydrogens (tertiary/aromatic N) is 1. The van der Waals surface area contributed by atoms with E-state index in [1.807, 2.05) is 18.2 Å². The number of aliphatic imine (C=N–C) groups is 1. The topological polar surface area (TPSA) is 50.4 Å². The summed E-state index contributed by atoms with van der Waals surface area (Å²) >= 11 is 0. The van der Waals surface area contributed by atoms with E-state index in [4.69, 9.17) is 5.73 Å². The smallest absolute Gasteiger partial charge is 0.370 e. The molecule has 0 radical (unpaired) electrons. The Balaban J connectivity index is 1.64. The average Bonchev–Trinajstić information content (AvgIpc) is 3.08. The number of rotatable bonds is 3. The molecule has 0 heterocycles. The average molecular weight is 297 g/mol. The summed E-state index contributed by atoms with van der Waals surface area (Å²) in [5, 5.41) is 2.88. The Morgan fingerprint density at radius 3 is 2.62 bits per heavy atom. The van der Waals surface area contributed by atoms with Gasteiger partial charge in [-0.15, -0.1) is 0 Å². The van der Waals surface area contributed by atoms with Crippen molar-refractivity contribution in [1.82, 2.24) is 0 Å². The molecule has 1 aromatic carbocycles. The van der Waals surface area contributed by atoms with Crippen LogP contribution < -0.4 is 11.1 Å². The van der Waals surface area contributed by atoms with Gasteiger partial charge in [0.25, 0.3) is 0 Å². The van der Waals surface area contributed by atoms with Crippen molar-refractivity contribution in [1.29, 1.82) is 0 Å². The minimum atomic E-state index is -4.19. The number of anilines is 1. The standard InChI is InChI=1S/C15H18F3N3/c16-15(17,18)14(6-7-14)9-20-13(19)21-12-5-4-10-2-1-3-11(10)8-12/h4-5,8H,1-3,6-7,9H2,(H3,19,20,21). The van der Waals surface area contributed by atoms with Crippen LogP contribution in [0.15, 0.2) is 23.2 Å². The van der Waals surface area contributed by atoms with Crippen molar-refractivity contribution in [2.45, 2.75) is 38.3 Å². The van der Waals surface area contributed by atoms with Gasteiger partial charge in [0.1, 0.15) is 0 Å². The molecule has 1 aromatic rings. The quantitative estimate of drug-likeness (QED) is 0.664. The third-order valence-corrected chi connectivity index (χ3v) is 4.38. The number of hydrogen-bond donors (Lipinski definition) is 2. The van der Waals surface area contributed by atoms with Crippen LogP contribution in [0.25, 0.3) is 0 Å². The second-order valence-corrected chi connectivity index (χ2v) is 5.94. The number of alkyl halides is 3. The molecule has 0 aromatic heterocycles. The summed E-state index contributed by atoms with van der Waals surface area (Å²) in [6.45, 7) is -0.291. The number of aryl methyl sites for hydroxylation is 2. The van der Waals surface area contributed by atoms with Crippen LogP contribution >= 0.6 is 0 Å². The highest BCUT2D eigenvalue weighted by molar-refractivity contribution is 5.92. The Morgan fingerprint density at radius 2 is 1.95 bits per heavy atom. The second-order valence-electron chi connectivity index (χ2n) is 5.94. The lowest BCUT2D eigenvalue weighted by Gasteiger charge is -2.17. The molecule has 0 aliphatic heterocycles. The molecular formula is C15H18F3N3. The van der Waals surface area contributed by atoms with Gasteiger partial charge in [-0.25, -0.2) is 0 Å². The molecule has 2 aliphatic rings.